The van der Waals surface area contributed by atoms with Gasteiger partial charge in [-0.15, -0.1) is 0 Å². The Morgan fingerprint density at radius 1 is 1.14 bits per heavy atom. The molecule has 1 aromatic heterocycles. The van der Waals surface area contributed by atoms with Crippen molar-refractivity contribution < 1.29 is 9.59 Å². The highest BCUT2D eigenvalue weighted by atomic mass is 16.2. The van der Waals surface area contributed by atoms with E-state index in [1.165, 1.54) is 12.8 Å². The Balaban J connectivity index is 1.20. The van der Waals surface area contributed by atoms with Crippen molar-refractivity contribution >= 4 is 11.8 Å². The van der Waals surface area contributed by atoms with Gasteiger partial charge in [0.05, 0.1) is 6.33 Å². The van der Waals surface area contributed by atoms with Crippen molar-refractivity contribution in [2.24, 2.45) is 18.9 Å². The summed E-state index contributed by atoms with van der Waals surface area (Å²) in [5, 5.41) is 0. The molecule has 0 N–H and O–H groups in total. The molecule has 0 spiro atoms. The summed E-state index contributed by atoms with van der Waals surface area (Å²) >= 11 is 0. The number of aryl methyl sites for hydroxylation is 1. The lowest BCUT2D eigenvalue weighted by molar-refractivity contribution is -0.145. The second-order valence-electron chi connectivity index (χ2n) is 9.27. The second kappa shape index (κ2) is 7.17. The smallest absolute Gasteiger partial charge is 0.274 e. The summed E-state index contributed by atoms with van der Waals surface area (Å²) in [6.45, 7) is 4.85. The van der Waals surface area contributed by atoms with Gasteiger partial charge in [-0.2, -0.15) is 0 Å². The van der Waals surface area contributed by atoms with Crippen LogP contribution in [0.3, 0.4) is 0 Å². The number of piperidine rings is 4. The summed E-state index contributed by atoms with van der Waals surface area (Å²) < 4.78 is 1.83. The molecule has 7 nitrogen and oxygen atoms in total. The van der Waals surface area contributed by atoms with Crippen LogP contribution in [-0.2, 0) is 11.8 Å². The fourth-order valence-corrected chi connectivity index (χ4v) is 6.07. The van der Waals surface area contributed by atoms with Crippen LogP contribution in [0.25, 0.3) is 0 Å². The third-order valence-electron chi connectivity index (χ3n) is 7.40. The average Bonchev–Trinajstić information content (AvgIpc) is 3.15. The maximum Gasteiger partial charge on any atom is 0.274 e. The molecule has 0 aliphatic carbocycles. The zero-order chi connectivity index (χ0) is 19.3. The van der Waals surface area contributed by atoms with E-state index in [1.807, 2.05) is 16.5 Å². The molecule has 5 heterocycles. The van der Waals surface area contributed by atoms with Gasteiger partial charge in [0.1, 0.15) is 5.69 Å². The quantitative estimate of drug-likeness (QED) is 0.771. The van der Waals surface area contributed by atoms with Crippen LogP contribution in [0.4, 0.5) is 0 Å². The van der Waals surface area contributed by atoms with Crippen LogP contribution >= 0.6 is 0 Å². The van der Waals surface area contributed by atoms with E-state index in [-0.39, 0.29) is 5.91 Å². The van der Waals surface area contributed by atoms with Crippen LogP contribution in [-0.4, -0.2) is 80.9 Å². The highest BCUT2D eigenvalue weighted by Gasteiger charge is 2.45. The van der Waals surface area contributed by atoms with E-state index in [1.54, 1.807) is 12.5 Å². The van der Waals surface area contributed by atoms with Gasteiger partial charge >= 0.3 is 0 Å². The Hall–Kier alpha value is -1.89. The number of carbonyl (C=O) groups excluding carboxylic acids is 2. The SMILES string of the molecule is Cn1cnc(C(=O)N2CCC(N3C[C@H]4C[C@H](C3)[C@H]3CCCC(=O)N3C4)CC2)c1. The lowest BCUT2D eigenvalue weighted by atomic mass is 9.75. The first-order valence-electron chi connectivity index (χ1n) is 10.9. The van der Waals surface area contributed by atoms with E-state index < -0.39 is 0 Å². The predicted molar refractivity (Wildman–Crippen MR) is 105 cm³/mol. The maximum atomic E-state index is 12.6. The lowest BCUT2D eigenvalue weighted by Gasteiger charge is -2.54. The monoisotopic (exact) mass is 385 g/mol. The van der Waals surface area contributed by atoms with Gasteiger partial charge in [-0.05, 0) is 43.9 Å². The van der Waals surface area contributed by atoms with Crippen LogP contribution < -0.4 is 0 Å². The van der Waals surface area contributed by atoms with Crippen molar-refractivity contribution in [3.05, 3.63) is 18.2 Å². The number of hydrogen-bond donors (Lipinski definition) is 0. The molecule has 0 unspecified atom stereocenters. The number of likely N-dealkylation sites (tertiary alicyclic amines) is 2. The van der Waals surface area contributed by atoms with Gasteiger partial charge < -0.3 is 14.4 Å². The Morgan fingerprint density at radius 2 is 1.96 bits per heavy atom. The molecule has 152 valence electrons. The van der Waals surface area contributed by atoms with E-state index in [2.05, 4.69) is 14.8 Å². The van der Waals surface area contributed by atoms with Crippen LogP contribution in [0.2, 0.25) is 0 Å². The minimum Gasteiger partial charge on any atom is -0.340 e. The molecule has 3 atom stereocenters. The largest absolute Gasteiger partial charge is 0.340 e. The topological polar surface area (TPSA) is 61.7 Å². The molecular weight excluding hydrogens is 354 g/mol. The van der Waals surface area contributed by atoms with Crippen LogP contribution in [0, 0.1) is 11.8 Å². The molecule has 0 saturated carbocycles. The fourth-order valence-electron chi connectivity index (χ4n) is 6.07. The predicted octanol–water partition coefficient (Wildman–Crippen LogP) is 1.36. The first-order valence-corrected chi connectivity index (χ1v) is 10.9. The van der Waals surface area contributed by atoms with Gasteiger partial charge in [0.15, 0.2) is 0 Å². The minimum absolute atomic E-state index is 0.0610. The van der Waals surface area contributed by atoms with E-state index in [4.69, 9.17) is 0 Å². The Bertz CT molecular complexity index is 754. The molecule has 4 aliphatic heterocycles. The molecule has 5 rings (SSSR count). The highest BCUT2D eigenvalue weighted by Crippen LogP contribution is 2.39. The van der Waals surface area contributed by atoms with Crippen molar-refractivity contribution in [1.29, 1.82) is 0 Å². The molecule has 2 bridgehead atoms. The summed E-state index contributed by atoms with van der Waals surface area (Å²) in [5.74, 6) is 1.72. The number of hydrogen-bond acceptors (Lipinski definition) is 4. The van der Waals surface area contributed by atoms with Crippen LogP contribution in [0.5, 0.6) is 0 Å². The average molecular weight is 386 g/mol. The Labute approximate surface area is 166 Å². The lowest BCUT2D eigenvalue weighted by Crippen LogP contribution is -2.62. The summed E-state index contributed by atoms with van der Waals surface area (Å²) in [7, 11) is 1.89. The molecular formula is C21H31N5O2. The normalized spacial score (nSPS) is 31.8. The van der Waals surface area contributed by atoms with Crippen molar-refractivity contribution in [2.75, 3.05) is 32.7 Å². The van der Waals surface area contributed by atoms with Gasteiger partial charge in [-0.3, -0.25) is 14.5 Å². The van der Waals surface area contributed by atoms with E-state index in [9.17, 15) is 9.59 Å². The maximum absolute atomic E-state index is 12.6. The fraction of sp³-hybridized carbons (Fsp3) is 0.762. The third kappa shape index (κ3) is 3.23. The number of rotatable bonds is 2. The van der Waals surface area contributed by atoms with Crippen molar-refractivity contribution in [3.63, 3.8) is 0 Å². The Morgan fingerprint density at radius 3 is 2.71 bits per heavy atom. The van der Waals surface area contributed by atoms with Gasteiger partial charge in [-0.25, -0.2) is 4.98 Å². The van der Waals surface area contributed by atoms with E-state index >= 15 is 0 Å². The minimum atomic E-state index is 0.0610. The van der Waals surface area contributed by atoms with Gasteiger partial charge in [0.2, 0.25) is 5.91 Å². The highest BCUT2D eigenvalue weighted by molar-refractivity contribution is 5.92. The van der Waals surface area contributed by atoms with E-state index in [0.29, 0.717) is 35.5 Å². The first-order chi connectivity index (χ1) is 13.6. The number of imidazole rings is 1. The molecule has 2 amide bonds. The van der Waals surface area contributed by atoms with Crippen LogP contribution in [0.15, 0.2) is 12.5 Å². The van der Waals surface area contributed by atoms with Crippen molar-refractivity contribution in [1.82, 2.24) is 24.3 Å². The molecule has 0 aromatic carbocycles. The van der Waals surface area contributed by atoms with Crippen LogP contribution in [0.1, 0.15) is 49.0 Å². The summed E-state index contributed by atoms with van der Waals surface area (Å²) in [5.41, 5.74) is 0.551. The number of amides is 2. The van der Waals surface area contributed by atoms with Crippen molar-refractivity contribution in [2.45, 2.75) is 50.6 Å². The molecule has 4 aliphatic rings. The number of aromatic nitrogens is 2. The molecule has 4 saturated heterocycles. The van der Waals surface area contributed by atoms with Gasteiger partial charge in [0.25, 0.3) is 5.91 Å². The number of carbonyl (C=O) groups is 2. The van der Waals surface area contributed by atoms with E-state index in [0.717, 1.165) is 58.4 Å². The zero-order valence-electron chi connectivity index (χ0n) is 16.8. The molecule has 28 heavy (non-hydrogen) atoms. The molecule has 1 aromatic rings. The molecule has 4 fully saturated rings. The molecule has 0 radical (unpaired) electrons. The first kappa shape index (κ1) is 18.2. The standard InChI is InChI=1S/C21H31N5O2/c1-23-13-18(22-14-23)21(28)24-7-5-17(6-8-24)25-10-15-9-16(12-25)19-3-2-4-20(27)26(19)11-15/h13-17,19H,2-12H2,1H3/t15-,16-,19-/m1/s1. The summed E-state index contributed by atoms with van der Waals surface area (Å²) in [4.78, 5) is 36.1. The number of fused-ring (bicyclic) bond motifs is 4. The van der Waals surface area contributed by atoms with Crippen molar-refractivity contribution in [3.8, 4) is 0 Å². The summed E-state index contributed by atoms with van der Waals surface area (Å²) in [6.07, 6.45) is 9.88. The van der Waals surface area contributed by atoms with Gasteiger partial charge in [0, 0.05) is 64.5 Å². The van der Waals surface area contributed by atoms with Gasteiger partial charge in [-0.1, -0.05) is 0 Å². The Kier molecular flexibility index (Phi) is 4.65. The number of nitrogens with zero attached hydrogens (tertiary/aromatic N) is 5. The summed E-state index contributed by atoms with van der Waals surface area (Å²) in [6, 6.07) is 1.05. The molecule has 7 heteroatoms. The third-order valence-corrected chi connectivity index (χ3v) is 7.40. The zero-order valence-corrected chi connectivity index (χ0v) is 16.8. The second-order valence-corrected chi connectivity index (χ2v) is 9.27.